The van der Waals surface area contributed by atoms with Crippen LogP contribution in [0.25, 0.3) is 0 Å². The van der Waals surface area contributed by atoms with Gasteiger partial charge in [0, 0.05) is 12.2 Å². The molecule has 0 fully saturated rings. The van der Waals surface area contributed by atoms with Crippen LogP contribution in [0.1, 0.15) is 23.6 Å². The smallest absolute Gasteiger partial charge is 0.241 e. The molecule has 0 aliphatic carbocycles. The predicted octanol–water partition coefficient (Wildman–Crippen LogP) is 2.62. The first-order chi connectivity index (χ1) is 9.94. The van der Waals surface area contributed by atoms with E-state index < -0.39 is 10.0 Å². The number of hydrogen-bond donors (Lipinski definition) is 2. The van der Waals surface area contributed by atoms with E-state index in [2.05, 4.69) is 11.6 Å². The van der Waals surface area contributed by atoms with Crippen molar-refractivity contribution in [2.45, 2.75) is 31.7 Å². The molecule has 0 aliphatic heterocycles. The first-order valence-electron chi connectivity index (χ1n) is 6.86. The Morgan fingerprint density at radius 2 is 1.76 bits per heavy atom. The van der Waals surface area contributed by atoms with Gasteiger partial charge in [-0.05, 0) is 42.2 Å². The molecule has 0 spiro atoms. The molecule has 3 N–H and O–H groups in total. The van der Waals surface area contributed by atoms with Crippen LogP contribution in [0.3, 0.4) is 0 Å². The fourth-order valence-corrected chi connectivity index (χ4v) is 3.52. The Labute approximate surface area is 126 Å². The molecular formula is C16H20N2O2S. The van der Waals surface area contributed by atoms with Gasteiger partial charge in [0.2, 0.25) is 10.0 Å². The van der Waals surface area contributed by atoms with E-state index in [4.69, 9.17) is 5.73 Å². The number of nitrogens with one attached hydrogen (secondary N) is 1. The quantitative estimate of drug-likeness (QED) is 0.834. The zero-order valence-electron chi connectivity index (χ0n) is 12.3. The summed E-state index contributed by atoms with van der Waals surface area (Å²) >= 11 is 0. The molecular weight excluding hydrogens is 284 g/mol. The van der Waals surface area contributed by atoms with Crippen LogP contribution in [0.4, 0.5) is 5.69 Å². The molecule has 5 heteroatoms. The number of nitrogens with two attached hydrogens (primary N) is 1. The SMILES string of the molecule is CCc1ccccc1CNS(=O)(=O)c1cc(N)ccc1C. The lowest BCUT2D eigenvalue weighted by Gasteiger charge is -2.12. The number of hydrogen-bond acceptors (Lipinski definition) is 3. The number of rotatable bonds is 5. The molecule has 0 aromatic heterocycles. The van der Waals surface area contributed by atoms with Gasteiger partial charge in [-0.25, -0.2) is 13.1 Å². The molecule has 112 valence electrons. The third-order valence-corrected chi connectivity index (χ3v) is 5.00. The summed E-state index contributed by atoms with van der Waals surface area (Å²) < 4.78 is 27.5. The second-order valence-corrected chi connectivity index (χ2v) is 6.71. The third kappa shape index (κ3) is 3.62. The van der Waals surface area contributed by atoms with Crippen molar-refractivity contribution >= 4 is 15.7 Å². The maximum absolute atomic E-state index is 12.4. The summed E-state index contributed by atoms with van der Waals surface area (Å²) in [6.45, 7) is 4.09. The highest BCUT2D eigenvalue weighted by Crippen LogP contribution is 2.19. The predicted molar refractivity (Wildman–Crippen MR) is 85.4 cm³/mol. The van der Waals surface area contributed by atoms with Gasteiger partial charge >= 0.3 is 0 Å². The fourth-order valence-electron chi connectivity index (χ4n) is 2.23. The zero-order chi connectivity index (χ0) is 15.5. The summed E-state index contributed by atoms with van der Waals surface area (Å²) in [6.07, 6.45) is 0.870. The minimum absolute atomic E-state index is 0.233. The Hall–Kier alpha value is -1.85. The highest BCUT2D eigenvalue weighted by Gasteiger charge is 2.17. The van der Waals surface area contributed by atoms with Crippen molar-refractivity contribution < 1.29 is 8.42 Å². The molecule has 0 unspecified atom stereocenters. The molecule has 0 saturated heterocycles. The fraction of sp³-hybridized carbons (Fsp3) is 0.250. The van der Waals surface area contributed by atoms with E-state index >= 15 is 0 Å². The lowest BCUT2D eigenvalue weighted by molar-refractivity contribution is 0.580. The van der Waals surface area contributed by atoms with E-state index in [1.807, 2.05) is 24.3 Å². The number of anilines is 1. The van der Waals surface area contributed by atoms with Gasteiger partial charge in [-0.15, -0.1) is 0 Å². The van der Waals surface area contributed by atoms with E-state index in [0.29, 0.717) is 11.3 Å². The monoisotopic (exact) mass is 304 g/mol. The topological polar surface area (TPSA) is 72.2 Å². The van der Waals surface area contributed by atoms with Crippen molar-refractivity contribution in [3.05, 3.63) is 59.2 Å². The summed E-state index contributed by atoms with van der Waals surface area (Å²) in [4.78, 5) is 0.233. The summed E-state index contributed by atoms with van der Waals surface area (Å²) in [7, 11) is -3.57. The van der Waals surface area contributed by atoms with E-state index in [1.54, 1.807) is 19.1 Å². The van der Waals surface area contributed by atoms with Gasteiger partial charge in [0.05, 0.1) is 4.90 Å². The Kier molecular flexibility index (Phi) is 4.65. The van der Waals surface area contributed by atoms with Crippen LogP contribution in [0, 0.1) is 6.92 Å². The van der Waals surface area contributed by atoms with Crippen molar-refractivity contribution in [1.82, 2.24) is 4.72 Å². The highest BCUT2D eigenvalue weighted by atomic mass is 32.2. The summed E-state index contributed by atoms with van der Waals surface area (Å²) in [5.74, 6) is 0. The minimum Gasteiger partial charge on any atom is -0.399 e. The largest absolute Gasteiger partial charge is 0.399 e. The lowest BCUT2D eigenvalue weighted by Crippen LogP contribution is -2.24. The number of aryl methyl sites for hydroxylation is 2. The molecule has 0 radical (unpaired) electrons. The molecule has 0 amide bonds. The van der Waals surface area contributed by atoms with Gasteiger partial charge in [-0.1, -0.05) is 37.3 Å². The Morgan fingerprint density at radius 1 is 1.10 bits per heavy atom. The van der Waals surface area contributed by atoms with Crippen LogP contribution in [-0.2, 0) is 23.0 Å². The molecule has 0 aliphatic rings. The molecule has 2 rings (SSSR count). The molecule has 0 atom stereocenters. The third-order valence-electron chi connectivity index (χ3n) is 3.45. The molecule has 2 aromatic carbocycles. The normalized spacial score (nSPS) is 11.5. The summed E-state index contributed by atoms with van der Waals surface area (Å²) in [6, 6.07) is 12.7. The van der Waals surface area contributed by atoms with Crippen molar-refractivity contribution in [2.75, 3.05) is 5.73 Å². The maximum atomic E-state index is 12.4. The molecule has 2 aromatic rings. The molecule has 0 bridgehead atoms. The van der Waals surface area contributed by atoms with E-state index in [0.717, 1.165) is 17.5 Å². The van der Waals surface area contributed by atoms with Crippen LogP contribution >= 0.6 is 0 Å². The molecule has 21 heavy (non-hydrogen) atoms. The van der Waals surface area contributed by atoms with Crippen LogP contribution in [0.5, 0.6) is 0 Å². The highest BCUT2D eigenvalue weighted by molar-refractivity contribution is 7.89. The van der Waals surface area contributed by atoms with E-state index in [9.17, 15) is 8.42 Å². The molecule has 0 heterocycles. The van der Waals surface area contributed by atoms with Crippen LogP contribution in [-0.4, -0.2) is 8.42 Å². The second-order valence-electron chi connectivity index (χ2n) is 4.97. The molecule has 0 saturated carbocycles. The van der Waals surface area contributed by atoms with Crippen LogP contribution < -0.4 is 10.5 Å². The van der Waals surface area contributed by atoms with Gasteiger partial charge < -0.3 is 5.73 Å². The average Bonchev–Trinajstić information content (AvgIpc) is 2.48. The summed E-state index contributed by atoms with van der Waals surface area (Å²) in [5.41, 5.74) is 8.94. The Morgan fingerprint density at radius 3 is 2.43 bits per heavy atom. The Balaban J connectivity index is 2.24. The van der Waals surface area contributed by atoms with Gasteiger partial charge in [0.25, 0.3) is 0 Å². The van der Waals surface area contributed by atoms with Crippen molar-refractivity contribution in [3.63, 3.8) is 0 Å². The second kappa shape index (κ2) is 6.28. The first-order valence-corrected chi connectivity index (χ1v) is 8.35. The number of benzene rings is 2. The number of sulfonamides is 1. The van der Waals surface area contributed by atoms with Gasteiger partial charge in [-0.3, -0.25) is 0 Å². The maximum Gasteiger partial charge on any atom is 0.241 e. The average molecular weight is 304 g/mol. The number of nitrogen functional groups attached to an aromatic ring is 1. The van der Waals surface area contributed by atoms with Gasteiger partial charge in [-0.2, -0.15) is 0 Å². The van der Waals surface area contributed by atoms with Crippen LogP contribution in [0.2, 0.25) is 0 Å². The van der Waals surface area contributed by atoms with Gasteiger partial charge in [0.15, 0.2) is 0 Å². The van der Waals surface area contributed by atoms with Crippen molar-refractivity contribution in [1.29, 1.82) is 0 Å². The van der Waals surface area contributed by atoms with E-state index in [-0.39, 0.29) is 11.4 Å². The standard InChI is InChI=1S/C16H20N2O2S/c1-3-13-6-4-5-7-14(13)11-18-21(19,20)16-10-15(17)9-8-12(16)2/h4-10,18H,3,11,17H2,1-2H3. The zero-order valence-corrected chi connectivity index (χ0v) is 13.1. The molecule has 4 nitrogen and oxygen atoms in total. The van der Waals surface area contributed by atoms with E-state index in [1.165, 1.54) is 6.07 Å². The lowest BCUT2D eigenvalue weighted by atomic mass is 10.1. The summed E-state index contributed by atoms with van der Waals surface area (Å²) in [5, 5.41) is 0. The first kappa shape index (κ1) is 15.5. The van der Waals surface area contributed by atoms with Crippen molar-refractivity contribution in [2.24, 2.45) is 0 Å². The van der Waals surface area contributed by atoms with Crippen molar-refractivity contribution in [3.8, 4) is 0 Å². The van der Waals surface area contributed by atoms with Crippen LogP contribution in [0.15, 0.2) is 47.4 Å². The Bertz CT molecular complexity index is 740. The minimum atomic E-state index is -3.57. The van der Waals surface area contributed by atoms with Gasteiger partial charge in [0.1, 0.15) is 0 Å².